The Balaban J connectivity index is 3.88. The lowest BCUT2D eigenvalue weighted by Gasteiger charge is -1.98. The van der Waals surface area contributed by atoms with Gasteiger partial charge in [0.2, 0.25) is 5.78 Å². The number of ketones is 1. The fourth-order valence-corrected chi connectivity index (χ4v) is 0.722. The zero-order chi connectivity index (χ0) is 8.85. The summed E-state index contributed by atoms with van der Waals surface area (Å²) in [4.78, 5) is 21.0. The molecule has 0 heterocycles. The number of rotatable bonds is 4. The minimum Gasteiger partial charge on any atom is -0.406 e. The number of carbonyl (C=O) groups is 2. The number of hydrogen-bond donors (Lipinski definition) is 1. The number of carbonyl (C=O) groups excluding carboxylic acids is 2. The van der Waals surface area contributed by atoms with Crippen molar-refractivity contribution in [1.82, 2.24) is 0 Å². The maximum absolute atomic E-state index is 10.5. The van der Waals surface area contributed by atoms with E-state index < -0.39 is 26.1 Å². The summed E-state index contributed by atoms with van der Waals surface area (Å²) in [5.41, 5.74) is 0. The van der Waals surface area contributed by atoms with Gasteiger partial charge in [0.25, 0.3) is 8.03 Å². The van der Waals surface area contributed by atoms with Gasteiger partial charge < -0.3 is 9.63 Å². The lowest BCUT2D eigenvalue weighted by Crippen LogP contribution is -2.13. The number of aliphatic hydroxyl groups is 1. The Morgan fingerprint density at radius 2 is 2.09 bits per heavy atom. The molecule has 5 nitrogen and oxygen atoms in total. The molecule has 0 radical (unpaired) electrons. The average Bonchev–Trinajstić information content (AvgIpc) is 2.02. The summed E-state index contributed by atoms with van der Waals surface area (Å²) in [6, 6.07) is 0. The maximum Gasteiger partial charge on any atom is 0.379 e. The molecule has 0 aliphatic heterocycles. The summed E-state index contributed by atoms with van der Waals surface area (Å²) in [6.07, 6.45) is -0.702. The van der Waals surface area contributed by atoms with Crippen LogP contribution in [0.2, 0.25) is 0 Å². The SMILES string of the molecule is CCC(=O)C(=O)O[PH](=O)CO. The summed E-state index contributed by atoms with van der Waals surface area (Å²) >= 11 is 0. The lowest BCUT2D eigenvalue weighted by atomic mass is 10.3. The molecule has 1 N–H and O–H groups in total. The zero-order valence-electron chi connectivity index (χ0n) is 5.99. The third-order valence-electron chi connectivity index (χ3n) is 0.884. The standard InChI is InChI=1S/C5H9O5P/c1-2-4(7)5(8)10-11(9)3-6/h6,11H,2-3H2,1H3. The minimum absolute atomic E-state index is 0.0133. The summed E-state index contributed by atoms with van der Waals surface area (Å²) in [7, 11) is -2.75. The van der Waals surface area contributed by atoms with Crippen LogP contribution in [-0.2, 0) is 18.7 Å². The molecule has 0 fully saturated rings. The van der Waals surface area contributed by atoms with Crippen LogP contribution in [0.3, 0.4) is 0 Å². The molecule has 0 aromatic carbocycles. The van der Waals surface area contributed by atoms with Crippen molar-refractivity contribution >= 4 is 19.8 Å². The highest BCUT2D eigenvalue weighted by molar-refractivity contribution is 7.39. The first kappa shape index (κ1) is 10.3. The van der Waals surface area contributed by atoms with Gasteiger partial charge >= 0.3 is 5.97 Å². The van der Waals surface area contributed by atoms with Crippen molar-refractivity contribution in [3.8, 4) is 0 Å². The van der Waals surface area contributed by atoms with Gasteiger partial charge in [-0.2, -0.15) is 0 Å². The van der Waals surface area contributed by atoms with Gasteiger partial charge in [-0.05, 0) is 0 Å². The molecular formula is C5H9O5P. The molecule has 11 heavy (non-hydrogen) atoms. The van der Waals surface area contributed by atoms with Crippen LogP contribution in [0.4, 0.5) is 0 Å². The van der Waals surface area contributed by atoms with E-state index in [2.05, 4.69) is 4.52 Å². The Hall–Kier alpha value is -0.670. The fourth-order valence-electron chi connectivity index (χ4n) is 0.337. The van der Waals surface area contributed by atoms with Gasteiger partial charge in [-0.15, -0.1) is 0 Å². The van der Waals surface area contributed by atoms with Crippen molar-refractivity contribution in [2.75, 3.05) is 6.35 Å². The van der Waals surface area contributed by atoms with E-state index in [9.17, 15) is 14.2 Å². The lowest BCUT2D eigenvalue weighted by molar-refractivity contribution is -0.146. The Labute approximate surface area is 64.2 Å². The zero-order valence-corrected chi connectivity index (χ0v) is 6.99. The van der Waals surface area contributed by atoms with Crippen LogP contribution in [-0.4, -0.2) is 23.2 Å². The largest absolute Gasteiger partial charge is 0.406 e. The first-order chi connectivity index (χ1) is 5.11. The molecule has 0 aromatic heterocycles. The van der Waals surface area contributed by atoms with E-state index in [0.717, 1.165) is 0 Å². The molecule has 6 heteroatoms. The van der Waals surface area contributed by atoms with Gasteiger partial charge in [0.15, 0.2) is 0 Å². The Bertz CT molecular complexity index is 187. The van der Waals surface area contributed by atoms with Crippen molar-refractivity contribution < 1.29 is 23.8 Å². The number of hydrogen-bond acceptors (Lipinski definition) is 5. The molecule has 0 saturated heterocycles. The van der Waals surface area contributed by atoms with Gasteiger partial charge in [0.05, 0.1) is 0 Å². The summed E-state index contributed by atoms with van der Waals surface area (Å²) in [6.45, 7) is 1.49. The fraction of sp³-hybridized carbons (Fsp3) is 0.600. The molecule has 0 rings (SSSR count). The predicted molar refractivity (Wildman–Crippen MR) is 37.5 cm³/mol. The highest BCUT2D eigenvalue weighted by Gasteiger charge is 2.14. The predicted octanol–water partition coefficient (Wildman–Crippen LogP) is -0.0668. The molecule has 0 aromatic rings. The molecule has 0 aliphatic rings. The van der Waals surface area contributed by atoms with Crippen LogP contribution in [0.1, 0.15) is 13.3 Å². The van der Waals surface area contributed by atoms with Gasteiger partial charge in [-0.25, -0.2) is 4.79 Å². The Morgan fingerprint density at radius 1 is 1.55 bits per heavy atom. The Morgan fingerprint density at radius 3 is 2.45 bits per heavy atom. The van der Waals surface area contributed by atoms with E-state index >= 15 is 0 Å². The second-order valence-electron chi connectivity index (χ2n) is 1.70. The highest BCUT2D eigenvalue weighted by atomic mass is 31.1. The van der Waals surface area contributed by atoms with Gasteiger partial charge in [-0.1, -0.05) is 6.92 Å². The van der Waals surface area contributed by atoms with Gasteiger partial charge in [-0.3, -0.25) is 9.36 Å². The normalized spacial score (nSPS) is 12.2. The second kappa shape index (κ2) is 5.04. The number of Topliss-reactive ketones (excluding diaryl/α,β-unsaturated/α-hetero) is 1. The minimum atomic E-state index is -2.75. The van der Waals surface area contributed by atoms with E-state index in [-0.39, 0.29) is 6.42 Å². The van der Waals surface area contributed by atoms with Crippen LogP contribution in [0.25, 0.3) is 0 Å². The molecular weight excluding hydrogens is 171 g/mol. The molecule has 0 amide bonds. The molecule has 1 unspecified atom stereocenters. The number of aliphatic hydroxyl groups excluding tert-OH is 1. The summed E-state index contributed by atoms with van der Waals surface area (Å²) < 4.78 is 14.4. The van der Waals surface area contributed by atoms with Crippen LogP contribution in [0.5, 0.6) is 0 Å². The van der Waals surface area contributed by atoms with Crippen molar-refractivity contribution in [2.45, 2.75) is 13.3 Å². The molecule has 0 saturated carbocycles. The van der Waals surface area contributed by atoms with E-state index in [1.165, 1.54) is 6.92 Å². The van der Waals surface area contributed by atoms with Crippen LogP contribution in [0.15, 0.2) is 0 Å². The molecule has 0 bridgehead atoms. The second-order valence-corrected chi connectivity index (χ2v) is 2.96. The van der Waals surface area contributed by atoms with E-state index in [1.54, 1.807) is 0 Å². The summed E-state index contributed by atoms with van der Waals surface area (Å²) in [5, 5.41) is 8.18. The average molecular weight is 180 g/mol. The van der Waals surface area contributed by atoms with Gasteiger partial charge in [0.1, 0.15) is 6.35 Å². The van der Waals surface area contributed by atoms with E-state index in [4.69, 9.17) is 5.11 Å². The Kier molecular flexibility index (Phi) is 4.74. The van der Waals surface area contributed by atoms with Crippen molar-refractivity contribution in [3.05, 3.63) is 0 Å². The third kappa shape index (κ3) is 3.91. The monoisotopic (exact) mass is 180 g/mol. The highest BCUT2D eigenvalue weighted by Crippen LogP contribution is 2.19. The van der Waals surface area contributed by atoms with Crippen molar-refractivity contribution in [2.24, 2.45) is 0 Å². The van der Waals surface area contributed by atoms with E-state index in [1.807, 2.05) is 0 Å². The maximum atomic E-state index is 10.5. The molecule has 0 aliphatic carbocycles. The van der Waals surface area contributed by atoms with Crippen LogP contribution < -0.4 is 0 Å². The quantitative estimate of drug-likeness (QED) is 0.484. The van der Waals surface area contributed by atoms with Crippen LogP contribution >= 0.6 is 8.03 Å². The van der Waals surface area contributed by atoms with Crippen molar-refractivity contribution in [1.29, 1.82) is 0 Å². The smallest absolute Gasteiger partial charge is 0.379 e. The first-order valence-electron chi connectivity index (χ1n) is 3.00. The van der Waals surface area contributed by atoms with Crippen LogP contribution in [0, 0.1) is 0 Å². The van der Waals surface area contributed by atoms with Crippen molar-refractivity contribution in [3.63, 3.8) is 0 Å². The first-order valence-corrected chi connectivity index (χ1v) is 4.52. The molecule has 1 atom stereocenters. The van der Waals surface area contributed by atoms with E-state index in [0.29, 0.717) is 0 Å². The third-order valence-corrected chi connectivity index (χ3v) is 1.56. The molecule has 64 valence electrons. The molecule has 0 spiro atoms. The summed E-state index contributed by atoms with van der Waals surface area (Å²) in [5.74, 6) is -1.87. The topological polar surface area (TPSA) is 80.7 Å². The van der Waals surface area contributed by atoms with Gasteiger partial charge in [0, 0.05) is 6.42 Å².